The van der Waals surface area contributed by atoms with Crippen molar-refractivity contribution in [2.75, 3.05) is 0 Å². The number of hydrogen-bond donors (Lipinski definition) is 0. The normalized spacial score (nSPS) is 15.5. The van der Waals surface area contributed by atoms with Crippen LogP contribution in [0.1, 0.15) is 26.7 Å². The molecule has 82 valence electrons. The van der Waals surface area contributed by atoms with Crippen molar-refractivity contribution >= 4 is 22.6 Å². The van der Waals surface area contributed by atoms with E-state index in [2.05, 4.69) is 22.6 Å². The van der Waals surface area contributed by atoms with E-state index >= 15 is 0 Å². The van der Waals surface area contributed by atoms with Crippen LogP contribution < -0.4 is 9.47 Å². The molecule has 2 rings (SSSR count). The summed E-state index contributed by atoms with van der Waals surface area (Å²) in [5.74, 6) is 1.90. The van der Waals surface area contributed by atoms with Crippen LogP contribution in [0.3, 0.4) is 0 Å². The SMILES string of the molecule is CC(C)Oc1ccc(OC2CC2)c(I)c1. The highest BCUT2D eigenvalue weighted by Gasteiger charge is 2.24. The van der Waals surface area contributed by atoms with E-state index in [0.29, 0.717) is 6.10 Å². The molecule has 1 aliphatic carbocycles. The molecule has 3 heteroatoms. The number of halogens is 1. The van der Waals surface area contributed by atoms with Crippen LogP contribution in [0.5, 0.6) is 11.5 Å². The summed E-state index contributed by atoms with van der Waals surface area (Å²) >= 11 is 2.29. The van der Waals surface area contributed by atoms with Gasteiger partial charge in [-0.1, -0.05) is 0 Å². The van der Waals surface area contributed by atoms with Gasteiger partial charge in [-0.15, -0.1) is 0 Å². The molecular weight excluding hydrogens is 303 g/mol. The van der Waals surface area contributed by atoms with E-state index in [1.165, 1.54) is 12.8 Å². The monoisotopic (exact) mass is 318 g/mol. The standard InChI is InChI=1S/C12H15IO2/c1-8(2)14-10-5-6-12(11(13)7-10)15-9-3-4-9/h5-9H,3-4H2,1-2H3. The van der Waals surface area contributed by atoms with E-state index in [9.17, 15) is 0 Å². The van der Waals surface area contributed by atoms with E-state index in [1.54, 1.807) is 0 Å². The highest BCUT2D eigenvalue weighted by Crippen LogP contribution is 2.32. The zero-order valence-electron chi connectivity index (χ0n) is 9.00. The molecule has 0 radical (unpaired) electrons. The zero-order valence-corrected chi connectivity index (χ0v) is 11.2. The number of benzene rings is 1. The summed E-state index contributed by atoms with van der Waals surface area (Å²) in [5.41, 5.74) is 0. The lowest BCUT2D eigenvalue weighted by Crippen LogP contribution is -2.06. The van der Waals surface area contributed by atoms with Gasteiger partial charge in [-0.25, -0.2) is 0 Å². The predicted molar refractivity (Wildman–Crippen MR) is 68.6 cm³/mol. The quantitative estimate of drug-likeness (QED) is 0.790. The Morgan fingerprint density at radius 2 is 2.07 bits per heavy atom. The van der Waals surface area contributed by atoms with Gasteiger partial charge in [-0.3, -0.25) is 0 Å². The predicted octanol–water partition coefficient (Wildman–Crippen LogP) is 3.62. The van der Waals surface area contributed by atoms with Crippen molar-refractivity contribution in [1.82, 2.24) is 0 Å². The summed E-state index contributed by atoms with van der Waals surface area (Å²) in [5, 5.41) is 0. The van der Waals surface area contributed by atoms with Crippen LogP contribution in [0, 0.1) is 3.57 Å². The lowest BCUT2D eigenvalue weighted by molar-refractivity contribution is 0.241. The lowest BCUT2D eigenvalue weighted by Gasteiger charge is -2.12. The maximum absolute atomic E-state index is 5.75. The summed E-state index contributed by atoms with van der Waals surface area (Å²) in [4.78, 5) is 0. The van der Waals surface area contributed by atoms with E-state index in [4.69, 9.17) is 9.47 Å². The molecule has 1 aliphatic rings. The second kappa shape index (κ2) is 4.60. The molecule has 0 spiro atoms. The lowest BCUT2D eigenvalue weighted by atomic mass is 10.3. The van der Waals surface area contributed by atoms with Gasteiger partial charge in [0.05, 0.1) is 15.8 Å². The van der Waals surface area contributed by atoms with Crippen LogP contribution in [0.4, 0.5) is 0 Å². The maximum atomic E-state index is 5.75. The van der Waals surface area contributed by atoms with Crippen molar-refractivity contribution in [3.8, 4) is 11.5 Å². The molecule has 1 saturated carbocycles. The van der Waals surface area contributed by atoms with Crippen LogP contribution in [-0.2, 0) is 0 Å². The largest absolute Gasteiger partial charge is 0.491 e. The molecule has 0 N–H and O–H groups in total. The van der Waals surface area contributed by atoms with Crippen molar-refractivity contribution in [2.24, 2.45) is 0 Å². The Bertz CT molecular complexity index is 345. The van der Waals surface area contributed by atoms with Gasteiger partial charge in [-0.2, -0.15) is 0 Å². The zero-order chi connectivity index (χ0) is 10.8. The van der Waals surface area contributed by atoms with E-state index in [-0.39, 0.29) is 6.10 Å². The highest BCUT2D eigenvalue weighted by atomic mass is 127. The molecule has 0 atom stereocenters. The van der Waals surface area contributed by atoms with Crippen LogP contribution >= 0.6 is 22.6 Å². The summed E-state index contributed by atoms with van der Waals surface area (Å²) < 4.78 is 12.5. The molecule has 0 heterocycles. The molecule has 1 aromatic rings. The van der Waals surface area contributed by atoms with E-state index < -0.39 is 0 Å². The minimum absolute atomic E-state index is 0.219. The van der Waals surface area contributed by atoms with Crippen LogP contribution in [0.15, 0.2) is 18.2 Å². The van der Waals surface area contributed by atoms with E-state index in [0.717, 1.165) is 15.1 Å². The smallest absolute Gasteiger partial charge is 0.133 e. The summed E-state index contributed by atoms with van der Waals surface area (Å²) in [6, 6.07) is 6.00. The molecule has 0 saturated heterocycles. The second-order valence-corrected chi connectivity index (χ2v) is 5.24. The van der Waals surface area contributed by atoms with Crippen molar-refractivity contribution in [3.63, 3.8) is 0 Å². The Morgan fingerprint density at radius 1 is 1.33 bits per heavy atom. The van der Waals surface area contributed by atoms with Gasteiger partial charge in [0, 0.05) is 0 Å². The van der Waals surface area contributed by atoms with Crippen molar-refractivity contribution < 1.29 is 9.47 Å². The summed E-state index contributed by atoms with van der Waals surface area (Å²) in [6.45, 7) is 4.06. The third-order valence-corrected chi connectivity index (χ3v) is 2.94. The van der Waals surface area contributed by atoms with Gasteiger partial charge in [0.25, 0.3) is 0 Å². The molecular formula is C12H15IO2. The average Bonchev–Trinajstić information content (AvgIpc) is 2.92. The molecule has 0 bridgehead atoms. The van der Waals surface area contributed by atoms with Gasteiger partial charge in [-0.05, 0) is 67.5 Å². The van der Waals surface area contributed by atoms with Crippen molar-refractivity contribution in [2.45, 2.75) is 38.9 Å². The molecule has 0 aliphatic heterocycles. The van der Waals surface area contributed by atoms with Crippen LogP contribution in [-0.4, -0.2) is 12.2 Å². The fourth-order valence-corrected chi connectivity index (χ4v) is 1.90. The Hall–Kier alpha value is -0.450. The first-order valence-electron chi connectivity index (χ1n) is 5.28. The Balaban J connectivity index is 2.07. The van der Waals surface area contributed by atoms with Crippen LogP contribution in [0.2, 0.25) is 0 Å². The van der Waals surface area contributed by atoms with Gasteiger partial charge < -0.3 is 9.47 Å². The Labute approximate surface area is 104 Å². The first kappa shape index (κ1) is 11.0. The van der Waals surface area contributed by atoms with E-state index in [1.807, 2.05) is 32.0 Å². The van der Waals surface area contributed by atoms with Gasteiger partial charge in [0.2, 0.25) is 0 Å². The molecule has 2 nitrogen and oxygen atoms in total. The third kappa shape index (κ3) is 3.26. The third-order valence-electron chi connectivity index (χ3n) is 2.09. The first-order chi connectivity index (χ1) is 7.15. The van der Waals surface area contributed by atoms with Gasteiger partial charge in [0.1, 0.15) is 11.5 Å². The second-order valence-electron chi connectivity index (χ2n) is 4.08. The number of hydrogen-bond acceptors (Lipinski definition) is 2. The molecule has 1 fully saturated rings. The van der Waals surface area contributed by atoms with Crippen molar-refractivity contribution in [3.05, 3.63) is 21.8 Å². The average molecular weight is 318 g/mol. The molecule has 15 heavy (non-hydrogen) atoms. The molecule has 0 unspecified atom stereocenters. The summed E-state index contributed by atoms with van der Waals surface area (Å²) in [7, 11) is 0. The minimum atomic E-state index is 0.219. The Morgan fingerprint density at radius 3 is 2.60 bits per heavy atom. The summed E-state index contributed by atoms with van der Waals surface area (Å²) in [6.07, 6.45) is 3.06. The molecule has 0 aromatic heterocycles. The Kier molecular flexibility index (Phi) is 3.38. The topological polar surface area (TPSA) is 18.5 Å². The molecule has 0 amide bonds. The highest BCUT2D eigenvalue weighted by molar-refractivity contribution is 14.1. The number of rotatable bonds is 4. The fraction of sp³-hybridized carbons (Fsp3) is 0.500. The first-order valence-corrected chi connectivity index (χ1v) is 6.36. The minimum Gasteiger partial charge on any atom is -0.491 e. The number of ether oxygens (including phenoxy) is 2. The van der Waals surface area contributed by atoms with Gasteiger partial charge >= 0.3 is 0 Å². The fourth-order valence-electron chi connectivity index (χ4n) is 1.29. The van der Waals surface area contributed by atoms with Crippen molar-refractivity contribution in [1.29, 1.82) is 0 Å². The maximum Gasteiger partial charge on any atom is 0.133 e. The van der Waals surface area contributed by atoms with Crippen LogP contribution in [0.25, 0.3) is 0 Å². The van der Waals surface area contributed by atoms with Gasteiger partial charge in [0.15, 0.2) is 0 Å². The molecule has 1 aromatic carbocycles.